The van der Waals surface area contributed by atoms with Gasteiger partial charge in [0, 0.05) is 48.4 Å². The maximum absolute atomic E-state index is 12.7. The summed E-state index contributed by atoms with van der Waals surface area (Å²) < 4.78 is 0. The minimum Gasteiger partial charge on any atom is -0.336 e. The highest BCUT2D eigenvalue weighted by atomic mass is 35.5. The molecule has 6 nitrogen and oxygen atoms in total. The zero-order valence-corrected chi connectivity index (χ0v) is 15.8. The van der Waals surface area contributed by atoms with Crippen molar-refractivity contribution in [3.05, 3.63) is 70.2 Å². The van der Waals surface area contributed by atoms with Crippen LogP contribution in [0.5, 0.6) is 0 Å². The van der Waals surface area contributed by atoms with Crippen molar-refractivity contribution in [1.29, 1.82) is 0 Å². The molecule has 2 aromatic carbocycles. The first-order valence-corrected chi connectivity index (χ1v) is 9.18. The molecule has 1 saturated heterocycles. The smallest absolute Gasteiger partial charge is 0.274 e. The van der Waals surface area contributed by atoms with Crippen molar-refractivity contribution in [2.75, 3.05) is 19.6 Å². The molecule has 0 bridgehead atoms. The highest BCUT2D eigenvalue weighted by molar-refractivity contribution is 6.30. The van der Waals surface area contributed by atoms with Gasteiger partial charge in [0.2, 0.25) is 0 Å². The molecule has 0 spiro atoms. The molecular weight excluding hydrogens is 366 g/mol. The molecule has 27 heavy (non-hydrogen) atoms. The van der Waals surface area contributed by atoms with E-state index in [2.05, 4.69) is 11.8 Å². The number of benzene rings is 2. The zero-order chi connectivity index (χ0) is 19.4. The number of nitrogens with zero attached hydrogens (tertiary/aromatic N) is 2. The van der Waals surface area contributed by atoms with E-state index in [4.69, 9.17) is 16.8 Å². The van der Waals surface area contributed by atoms with Crippen LogP contribution in [0.4, 0.5) is 0 Å². The number of carbonyl (C=O) groups is 2. The van der Waals surface area contributed by atoms with Gasteiger partial charge < -0.3 is 4.90 Å². The molecule has 142 valence electrons. The topological polar surface area (TPSA) is 72.9 Å². The molecule has 2 N–H and O–H groups in total. The second kappa shape index (κ2) is 8.52. The molecule has 0 aliphatic carbocycles. The van der Waals surface area contributed by atoms with Crippen molar-refractivity contribution in [3.63, 3.8) is 0 Å². The summed E-state index contributed by atoms with van der Waals surface area (Å²) >= 11 is 5.99. The van der Waals surface area contributed by atoms with Gasteiger partial charge in [0.15, 0.2) is 0 Å². The quantitative estimate of drug-likeness (QED) is 0.625. The lowest BCUT2D eigenvalue weighted by molar-refractivity contribution is 0.0495. The Morgan fingerprint density at radius 2 is 1.89 bits per heavy atom. The third kappa shape index (κ3) is 4.66. The van der Waals surface area contributed by atoms with Crippen molar-refractivity contribution < 1.29 is 14.8 Å². The fraction of sp³-hybridized carbons (Fsp3) is 0.300. The van der Waals surface area contributed by atoms with Crippen LogP contribution >= 0.6 is 11.6 Å². The van der Waals surface area contributed by atoms with Crippen molar-refractivity contribution >= 4 is 23.4 Å². The molecule has 1 atom stereocenters. The van der Waals surface area contributed by atoms with Crippen LogP contribution in [0, 0.1) is 0 Å². The Morgan fingerprint density at radius 1 is 1.15 bits per heavy atom. The third-order valence-corrected chi connectivity index (χ3v) is 5.06. The summed E-state index contributed by atoms with van der Waals surface area (Å²) in [5, 5.41) is 9.23. The number of piperazine rings is 1. The molecule has 1 unspecified atom stereocenters. The maximum Gasteiger partial charge on any atom is 0.274 e. The number of rotatable bonds is 4. The van der Waals surface area contributed by atoms with Gasteiger partial charge >= 0.3 is 0 Å². The molecule has 7 heteroatoms. The summed E-state index contributed by atoms with van der Waals surface area (Å²) in [7, 11) is 0. The summed E-state index contributed by atoms with van der Waals surface area (Å²) in [5.41, 5.74) is 3.72. The van der Waals surface area contributed by atoms with Crippen LogP contribution in [0.3, 0.4) is 0 Å². The SMILES string of the molecule is CC1CN(C(=O)c2cccc(Cl)c2)CCN1Cc1ccc(C(=O)NO)cc1. The number of amides is 2. The first-order valence-electron chi connectivity index (χ1n) is 8.80. The van der Waals surface area contributed by atoms with Gasteiger partial charge in [0.05, 0.1) is 0 Å². The van der Waals surface area contributed by atoms with Gasteiger partial charge in [-0.1, -0.05) is 29.8 Å². The van der Waals surface area contributed by atoms with Crippen LogP contribution < -0.4 is 5.48 Å². The number of halogens is 1. The first-order chi connectivity index (χ1) is 13.0. The summed E-state index contributed by atoms with van der Waals surface area (Å²) in [4.78, 5) is 28.2. The lowest BCUT2D eigenvalue weighted by Crippen LogP contribution is -2.53. The van der Waals surface area contributed by atoms with E-state index in [1.807, 2.05) is 17.0 Å². The highest BCUT2D eigenvalue weighted by Gasteiger charge is 2.27. The molecule has 0 radical (unpaired) electrons. The van der Waals surface area contributed by atoms with E-state index < -0.39 is 5.91 Å². The molecule has 2 aromatic rings. The Kier molecular flexibility index (Phi) is 6.11. The minimum absolute atomic E-state index is 0.00312. The maximum atomic E-state index is 12.7. The highest BCUT2D eigenvalue weighted by Crippen LogP contribution is 2.18. The Balaban J connectivity index is 1.60. The van der Waals surface area contributed by atoms with Gasteiger partial charge in [-0.05, 0) is 42.8 Å². The number of carbonyl (C=O) groups excluding carboxylic acids is 2. The summed E-state index contributed by atoms with van der Waals surface area (Å²) in [5.74, 6) is -0.522. The minimum atomic E-state index is -0.525. The molecule has 1 fully saturated rings. The number of hydrogen-bond acceptors (Lipinski definition) is 4. The van der Waals surface area contributed by atoms with Gasteiger partial charge in [0.25, 0.3) is 11.8 Å². The van der Waals surface area contributed by atoms with E-state index >= 15 is 0 Å². The standard InChI is InChI=1S/C20H22ClN3O3/c1-14-12-24(20(26)17-3-2-4-18(21)11-17)10-9-23(14)13-15-5-7-16(8-6-15)19(25)22-27/h2-8,11,14,27H,9-10,12-13H2,1H3,(H,22,25). The number of hydroxylamine groups is 1. The van der Waals surface area contributed by atoms with Crippen LogP contribution in [0.25, 0.3) is 0 Å². The van der Waals surface area contributed by atoms with Crippen LogP contribution in [-0.2, 0) is 6.54 Å². The Bertz CT molecular complexity index is 825. The Hall–Kier alpha value is -2.41. The molecule has 0 saturated carbocycles. The van der Waals surface area contributed by atoms with Gasteiger partial charge in [-0.15, -0.1) is 0 Å². The van der Waals surface area contributed by atoms with E-state index in [9.17, 15) is 9.59 Å². The zero-order valence-electron chi connectivity index (χ0n) is 15.1. The molecule has 1 aliphatic heterocycles. The van der Waals surface area contributed by atoms with Gasteiger partial charge in [-0.25, -0.2) is 5.48 Å². The Morgan fingerprint density at radius 3 is 2.52 bits per heavy atom. The molecule has 2 amide bonds. The van der Waals surface area contributed by atoms with Crippen LogP contribution in [-0.4, -0.2) is 52.5 Å². The van der Waals surface area contributed by atoms with Gasteiger partial charge in [0.1, 0.15) is 0 Å². The number of nitrogens with one attached hydrogen (secondary N) is 1. The first kappa shape index (κ1) is 19.4. The van der Waals surface area contributed by atoms with E-state index in [-0.39, 0.29) is 11.9 Å². The van der Waals surface area contributed by atoms with Crippen molar-refractivity contribution in [3.8, 4) is 0 Å². The molecule has 1 heterocycles. The largest absolute Gasteiger partial charge is 0.336 e. The van der Waals surface area contributed by atoms with Gasteiger partial charge in [-0.3, -0.25) is 19.7 Å². The normalized spacial score (nSPS) is 17.6. The molecule has 1 aliphatic rings. The number of hydrogen-bond donors (Lipinski definition) is 2. The lowest BCUT2D eigenvalue weighted by atomic mass is 10.1. The van der Waals surface area contributed by atoms with Crippen LogP contribution in [0.15, 0.2) is 48.5 Å². The van der Waals surface area contributed by atoms with E-state index in [1.54, 1.807) is 41.9 Å². The van der Waals surface area contributed by atoms with E-state index in [0.717, 1.165) is 18.7 Å². The third-order valence-electron chi connectivity index (χ3n) is 4.83. The fourth-order valence-electron chi connectivity index (χ4n) is 3.28. The van der Waals surface area contributed by atoms with E-state index in [0.29, 0.717) is 29.2 Å². The Labute approximate surface area is 163 Å². The lowest BCUT2D eigenvalue weighted by Gasteiger charge is -2.40. The monoisotopic (exact) mass is 387 g/mol. The van der Waals surface area contributed by atoms with Crippen LogP contribution in [0.2, 0.25) is 5.02 Å². The van der Waals surface area contributed by atoms with Crippen molar-refractivity contribution in [2.45, 2.75) is 19.5 Å². The van der Waals surface area contributed by atoms with Crippen molar-refractivity contribution in [1.82, 2.24) is 15.3 Å². The summed E-state index contributed by atoms with van der Waals surface area (Å²) in [6, 6.07) is 14.4. The average molecular weight is 388 g/mol. The molecule has 0 aromatic heterocycles. The average Bonchev–Trinajstić information content (AvgIpc) is 2.69. The summed E-state index contributed by atoms with van der Waals surface area (Å²) in [6.45, 7) is 4.91. The van der Waals surface area contributed by atoms with Crippen molar-refractivity contribution in [2.24, 2.45) is 0 Å². The second-order valence-corrected chi connectivity index (χ2v) is 7.16. The molecule has 3 rings (SSSR count). The van der Waals surface area contributed by atoms with Gasteiger partial charge in [-0.2, -0.15) is 0 Å². The fourth-order valence-corrected chi connectivity index (χ4v) is 3.47. The second-order valence-electron chi connectivity index (χ2n) is 6.72. The van der Waals surface area contributed by atoms with Crippen LogP contribution in [0.1, 0.15) is 33.2 Å². The molecular formula is C20H22ClN3O3. The predicted molar refractivity (Wildman–Crippen MR) is 103 cm³/mol. The summed E-state index contributed by atoms with van der Waals surface area (Å²) in [6.07, 6.45) is 0. The van der Waals surface area contributed by atoms with E-state index in [1.165, 1.54) is 0 Å². The predicted octanol–water partition coefficient (Wildman–Crippen LogP) is 2.81.